The second-order valence-electron chi connectivity index (χ2n) is 7.90. The predicted octanol–water partition coefficient (Wildman–Crippen LogP) is 3.39. The summed E-state index contributed by atoms with van der Waals surface area (Å²) in [5.41, 5.74) is 1.01. The molecular weight excluding hydrogens is 412 g/mol. The zero-order valence-electron chi connectivity index (χ0n) is 17.1. The van der Waals surface area contributed by atoms with Gasteiger partial charge in [0.25, 0.3) is 0 Å². The zero-order valence-corrected chi connectivity index (χ0v) is 17.9. The van der Waals surface area contributed by atoms with Crippen LogP contribution in [0, 0.1) is 12.5 Å². The van der Waals surface area contributed by atoms with E-state index in [1.165, 1.54) is 16.4 Å². The molecule has 2 aromatic rings. The summed E-state index contributed by atoms with van der Waals surface area (Å²) in [5.74, 6) is -0.401. The number of amides is 1. The van der Waals surface area contributed by atoms with E-state index in [9.17, 15) is 13.2 Å². The molecule has 3 atom stereocenters. The first-order chi connectivity index (χ1) is 15.0. The second kappa shape index (κ2) is 8.61. The molecule has 0 aliphatic carbocycles. The van der Waals surface area contributed by atoms with Crippen molar-refractivity contribution in [2.45, 2.75) is 42.8 Å². The standard InChI is InChI=1S/C23H24N4O3S/c1-3-17-15-26(16-19-8-4-5-13-25-19)23(28)22-12-7-11-21(17)27(22)31(29,30)20-10-6-9-18(14-20)24-2/h3-6,8-10,13-14,17,21-22H,1,7,11-12,15-16H2/t17-,21?,22?/m0/s1. The summed E-state index contributed by atoms with van der Waals surface area (Å²) in [6, 6.07) is 10.4. The fourth-order valence-electron chi connectivity index (χ4n) is 4.56. The summed E-state index contributed by atoms with van der Waals surface area (Å²) >= 11 is 0. The number of carbonyl (C=O) groups excluding carboxylic acids is 1. The van der Waals surface area contributed by atoms with Crippen LogP contribution >= 0.6 is 0 Å². The van der Waals surface area contributed by atoms with E-state index in [0.717, 1.165) is 12.1 Å². The molecule has 3 heterocycles. The zero-order chi connectivity index (χ0) is 22.0. The number of benzene rings is 1. The van der Waals surface area contributed by atoms with E-state index in [-0.39, 0.29) is 28.4 Å². The van der Waals surface area contributed by atoms with Crippen molar-refractivity contribution in [2.24, 2.45) is 5.92 Å². The van der Waals surface area contributed by atoms with Crippen LogP contribution in [0.25, 0.3) is 4.85 Å². The number of hydrogen-bond donors (Lipinski definition) is 0. The molecule has 2 saturated heterocycles. The average Bonchev–Trinajstić information content (AvgIpc) is 2.87. The monoisotopic (exact) mass is 436 g/mol. The van der Waals surface area contributed by atoms with Gasteiger partial charge >= 0.3 is 0 Å². The molecule has 1 aromatic heterocycles. The number of pyridine rings is 1. The molecule has 2 unspecified atom stereocenters. The largest absolute Gasteiger partial charge is 0.335 e. The number of fused-ring (bicyclic) bond motifs is 2. The molecule has 1 aromatic carbocycles. The Kier molecular flexibility index (Phi) is 5.90. The molecule has 4 rings (SSSR count). The van der Waals surface area contributed by atoms with Gasteiger partial charge in [-0.05, 0) is 43.5 Å². The van der Waals surface area contributed by atoms with Gasteiger partial charge in [0.15, 0.2) is 5.69 Å². The Morgan fingerprint density at radius 2 is 2.06 bits per heavy atom. The number of rotatable bonds is 5. The van der Waals surface area contributed by atoms with E-state index in [2.05, 4.69) is 16.4 Å². The number of carbonyl (C=O) groups is 1. The lowest BCUT2D eigenvalue weighted by Crippen LogP contribution is -2.54. The van der Waals surface area contributed by atoms with Crippen LogP contribution in [0.4, 0.5) is 5.69 Å². The summed E-state index contributed by atoms with van der Waals surface area (Å²) in [4.78, 5) is 23.0. The van der Waals surface area contributed by atoms with Crippen molar-refractivity contribution < 1.29 is 13.2 Å². The van der Waals surface area contributed by atoms with Gasteiger partial charge in [-0.2, -0.15) is 4.31 Å². The maximum atomic E-state index is 13.7. The molecule has 2 fully saturated rings. The lowest BCUT2D eigenvalue weighted by Gasteiger charge is -2.40. The van der Waals surface area contributed by atoms with Crippen molar-refractivity contribution in [1.29, 1.82) is 0 Å². The van der Waals surface area contributed by atoms with Crippen molar-refractivity contribution in [1.82, 2.24) is 14.2 Å². The first-order valence-electron chi connectivity index (χ1n) is 10.3. The number of nitrogens with zero attached hydrogens (tertiary/aromatic N) is 4. The highest BCUT2D eigenvalue weighted by Gasteiger charge is 2.49. The van der Waals surface area contributed by atoms with Gasteiger partial charge in [0, 0.05) is 24.7 Å². The predicted molar refractivity (Wildman–Crippen MR) is 116 cm³/mol. The van der Waals surface area contributed by atoms with Crippen molar-refractivity contribution in [3.8, 4) is 0 Å². The van der Waals surface area contributed by atoms with Crippen LogP contribution in [0.3, 0.4) is 0 Å². The van der Waals surface area contributed by atoms with E-state index >= 15 is 0 Å². The number of sulfonamides is 1. The Bertz CT molecular complexity index is 1130. The highest BCUT2D eigenvalue weighted by molar-refractivity contribution is 7.89. The van der Waals surface area contributed by atoms with E-state index in [1.807, 2.05) is 18.2 Å². The normalized spacial score (nSPS) is 24.3. The topological polar surface area (TPSA) is 74.9 Å². The number of piperidine rings is 1. The Labute approximate surface area is 182 Å². The summed E-state index contributed by atoms with van der Waals surface area (Å²) in [6.07, 6.45) is 5.35. The van der Waals surface area contributed by atoms with Crippen LogP contribution in [0.15, 0.2) is 66.2 Å². The van der Waals surface area contributed by atoms with Crippen molar-refractivity contribution in [2.75, 3.05) is 6.54 Å². The molecule has 8 heteroatoms. The lowest BCUT2D eigenvalue weighted by atomic mass is 9.90. The molecular formula is C23H24N4O3S. The molecule has 0 spiro atoms. The SMILES string of the molecule is [C-]#[N+]c1cccc(S(=O)(=O)N2C3CCCC2[C@@H](C=C)CN(Cc2ccccn2)C3=O)c1. The van der Waals surface area contributed by atoms with Gasteiger partial charge in [0.2, 0.25) is 15.9 Å². The smallest absolute Gasteiger partial charge is 0.242 e. The highest BCUT2D eigenvalue weighted by atomic mass is 32.2. The van der Waals surface area contributed by atoms with Gasteiger partial charge in [-0.15, -0.1) is 6.58 Å². The number of aromatic nitrogens is 1. The van der Waals surface area contributed by atoms with Crippen LogP contribution in [0.2, 0.25) is 0 Å². The molecule has 0 radical (unpaired) electrons. The van der Waals surface area contributed by atoms with E-state index in [4.69, 9.17) is 6.57 Å². The third-order valence-electron chi connectivity index (χ3n) is 6.04. The molecule has 7 nitrogen and oxygen atoms in total. The lowest BCUT2D eigenvalue weighted by molar-refractivity contribution is -0.135. The average molecular weight is 437 g/mol. The summed E-state index contributed by atoms with van der Waals surface area (Å²) in [7, 11) is -3.97. The fourth-order valence-corrected chi connectivity index (χ4v) is 6.47. The molecule has 2 bridgehead atoms. The van der Waals surface area contributed by atoms with Crippen molar-refractivity contribution in [3.63, 3.8) is 0 Å². The summed E-state index contributed by atoms with van der Waals surface area (Å²) in [6.45, 7) is 11.9. The Hall–Kier alpha value is -3.02. The quantitative estimate of drug-likeness (QED) is 0.532. The maximum absolute atomic E-state index is 13.7. The van der Waals surface area contributed by atoms with Crippen LogP contribution in [-0.2, 0) is 21.4 Å². The van der Waals surface area contributed by atoms with Gasteiger partial charge in [-0.25, -0.2) is 13.3 Å². The van der Waals surface area contributed by atoms with Gasteiger partial charge in [0.1, 0.15) is 6.04 Å². The number of hydrogen-bond acceptors (Lipinski definition) is 4. The maximum Gasteiger partial charge on any atom is 0.242 e. The highest BCUT2D eigenvalue weighted by Crippen LogP contribution is 2.38. The van der Waals surface area contributed by atoms with Crippen molar-refractivity contribution in [3.05, 3.63) is 78.4 Å². The van der Waals surface area contributed by atoms with E-state index in [0.29, 0.717) is 25.9 Å². The van der Waals surface area contributed by atoms with Crippen molar-refractivity contribution >= 4 is 21.6 Å². The molecule has 0 saturated carbocycles. The minimum atomic E-state index is -3.97. The van der Waals surface area contributed by atoms with Crippen LogP contribution in [0.5, 0.6) is 0 Å². The third kappa shape index (κ3) is 3.99. The van der Waals surface area contributed by atoms with Gasteiger partial charge in [-0.1, -0.05) is 24.3 Å². The Balaban J connectivity index is 1.75. The fraction of sp³-hybridized carbons (Fsp3) is 0.348. The van der Waals surface area contributed by atoms with Crippen LogP contribution in [-0.4, -0.2) is 47.1 Å². The van der Waals surface area contributed by atoms with Crippen LogP contribution < -0.4 is 0 Å². The van der Waals surface area contributed by atoms with E-state index < -0.39 is 16.1 Å². The summed E-state index contributed by atoms with van der Waals surface area (Å²) in [5, 5.41) is 0. The van der Waals surface area contributed by atoms with E-state index in [1.54, 1.807) is 29.3 Å². The minimum absolute atomic E-state index is 0.0479. The second-order valence-corrected chi connectivity index (χ2v) is 9.74. The summed E-state index contributed by atoms with van der Waals surface area (Å²) < 4.78 is 28.8. The third-order valence-corrected chi connectivity index (χ3v) is 7.97. The Morgan fingerprint density at radius 3 is 2.77 bits per heavy atom. The molecule has 2 aliphatic rings. The first-order valence-corrected chi connectivity index (χ1v) is 11.7. The van der Waals surface area contributed by atoms with Gasteiger partial charge in [-0.3, -0.25) is 9.78 Å². The molecule has 1 amide bonds. The molecule has 160 valence electrons. The molecule has 2 aliphatic heterocycles. The Morgan fingerprint density at radius 1 is 1.23 bits per heavy atom. The molecule has 0 N–H and O–H groups in total. The minimum Gasteiger partial charge on any atom is -0.335 e. The van der Waals surface area contributed by atoms with Gasteiger partial charge < -0.3 is 4.90 Å². The van der Waals surface area contributed by atoms with Crippen LogP contribution in [0.1, 0.15) is 25.0 Å². The first kappa shape index (κ1) is 21.2. The molecule has 31 heavy (non-hydrogen) atoms. The van der Waals surface area contributed by atoms with Gasteiger partial charge in [0.05, 0.1) is 23.7 Å².